The fourth-order valence-corrected chi connectivity index (χ4v) is 5.57. The molecular formula is C22H22N4O3S. The van der Waals surface area contributed by atoms with Crippen molar-refractivity contribution in [2.75, 3.05) is 17.3 Å². The average molecular weight is 423 g/mol. The molecule has 30 heavy (non-hydrogen) atoms. The van der Waals surface area contributed by atoms with Crippen LogP contribution in [0.25, 0.3) is 11.0 Å². The quantitative estimate of drug-likeness (QED) is 0.568. The van der Waals surface area contributed by atoms with E-state index in [0.29, 0.717) is 23.4 Å². The third kappa shape index (κ3) is 3.01. The molecule has 2 heterocycles. The topological polar surface area (TPSA) is 92.3 Å². The molecule has 5 unspecified atom stereocenters. The van der Waals surface area contributed by atoms with Crippen molar-refractivity contribution in [1.82, 2.24) is 14.9 Å². The predicted octanol–water partition coefficient (Wildman–Crippen LogP) is 2.50. The van der Waals surface area contributed by atoms with Gasteiger partial charge in [-0.3, -0.25) is 29.3 Å². The minimum absolute atomic E-state index is 0.129. The van der Waals surface area contributed by atoms with E-state index in [9.17, 15) is 14.4 Å². The van der Waals surface area contributed by atoms with Crippen molar-refractivity contribution in [3.05, 3.63) is 42.7 Å². The van der Waals surface area contributed by atoms with Gasteiger partial charge in [-0.05, 0) is 54.9 Å². The van der Waals surface area contributed by atoms with Crippen molar-refractivity contribution in [3.63, 3.8) is 0 Å². The molecule has 1 saturated carbocycles. The van der Waals surface area contributed by atoms with Gasteiger partial charge in [-0.1, -0.05) is 12.2 Å². The van der Waals surface area contributed by atoms with E-state index in [4.69, 9.17) is 0 Å². The van der Waals surface area contributed by atoms with Gasteiger partial charge in [0.1, 0.15) is 6.04 Å². The van der Waals surface area contributed by atoms with Crippen LogP contribution in [0.2, 0.25) is 0 Å². The van der Waals surface area contributed by atoms with Gasteiger partial charge in [0.2, 0.25) is 17.7 Å². The maximum absolute atomic E-state index is 13.2. The van der Waals surface area contributed by atoms with Gasteiger partial charge in [0.05, 0.1) is 22.9 Å². The Morgan fingerprint density at radius 1 is 1.13 bits per heavy atom. The summed E-state index contributed by atoms with van der Waals surface area (Å²) in [7, 11) is 0. The largest absolute Gasteiger partial charge is 0.324 e. The van der Waals surface area contributed by atoms with Crippen molar-refractivity contribution in [2.45, 2.75) is 18.9 Å². The zero-order valence-electron chi connectivity index (χ0n) is 16.5. The molecule has 154 valence electrons. The summed E-state index contributed by atoms with van der Waals surface area (Å²) < 4.78 is 0. The Morgan fingerprint density at radius 2 is 1.80 bits per heavy atom. The smallest absolute Gasteiger partial charge is 0.247 e. The van der Waals surface area contributed by atoms with Crippen LogP contribution in [-0.2, 0) is 14.4 Å². The minimum atomic E-state index is -0.806. The SMILES string of the molecule is CSCCC(C(=O)Nc1ccc2nccnc2c1)N1C(=O)C2C3C=CC(C3)C2C1=O. The Balaban J connectivity index is 1.40. The highest BCUT2D eigenvalue weighted by Crippen LogP contribution is 2.53. The van der Waals surface area contributed by atoms with Crippen LogP contribution in [0.1, 0.15) is 12.8 Å². The summed E-state index contributed by atoms with van der Waals surface area (Å²) >= 11 is 1.59. The highest BCUT2D eigenvalue weighted by molar-refractivity contribution is 7.98. The zero-order valence-corrected chi connectivity index (χ0v) is 17.3. The Morgan fingerprint density at radius 3 is 2.47 bits per heavy atom. The van der Waals surface area contributed by atoms with Crippen LogP contribution in [-0.4, -0.2) is 50.6 Å². The van der Waals surface area contributed by atoms with Crippen molar-refractivity contribution in [2.24, 2.45) is 23.7 Å². The molecule has 1 aromatic carbocycles. The Kier molecular flexibility index (Phi) is 4.81. The van der Waals surface area contributed by atoms with Crippen LogP contribution in [0.4, 0.5) is 5.69 Å². The first-order valence-electron chi connectivity index (χ1n) is 10.1. The van der Waals surface area contributed by atoms with Crippen LogP contribution < -0.4 is 5.32 Å². The third-order valence-corrected chi connectivity index (χ3v) is 7.09. The summed E-state index contributed by atoms with van der Waals surface area (Å²) in [5.41, 5.74) is 1.97. The number of thioether (sulfide) groups is 1. The van der Waals surface area contributed by atoms with Crippen LogP contribution in [0.15, 0.2) is 42.7 Å². The molecule has 7 nitrogen and oxygen atoms in total. The Hall–Kier alpha value is -2.74. The van der Waals surface area contributed by atoms with E-state index in [1.54, 1.807) is 42.4 Å². The Bertz CT molecular complexity index is 1040. The fraction of sp³-hybridized carbons (Fsp3) is 0.409. The number of nitrogens with zero attached hydrogens (tertiary/aromatic N) is 3. The van der Waals surface area contributed by atoms with Crippen LogP contribution >= 0.6 is 11.8 Å². The second-order valence-electron chi connectivity index (χ2n) is 8.09. The number of rotatable bonds is 6. The number of benzene rings is 1. The van der Waals surface area contributed by atoms with Gasteiger partial charge in [0.25, 0.3) is 0 Å². The number of anilines is 1. The van der Waals surface area contributed by atoms with E-state index in [0.717, 1.165) is 11.9 Å². The van der Waals surface area contributed by atoms with E-state index in [-0.39, 0.29) is 41.4 Å². The molecule has 1 aliphatic heterocycles. The number of imide groups is 1. The highest BCUT2D eigenvalue weighted by atomic mass is 32.2. The van der Waals surface area contributed by atoms with Crippen molar-refractivity contribution in [3.8, 4) is 0 Å². The molecule has 3 amide bonds. The Labute approximate surface area is 178 Å². The summed E-state index contributed by atoms with van der Waals surface area (Å²) in [4.78, 5) is 49.3. The summed E-state index contributed by atoms with van der Waals surface area (Å²) in [6.07, 6.45) is 10.6. The van der Waals surface area contributed by atoms with Gasteiger partial charge in [0, 0.05) is 18.1 Å². The van der Waals surface area contributed by atoms with E-state index in [1.807, 2.05) is 6.26 Å². The first-order valence-corrected chi connectivity index (χ1v) is 11.5. The second-order valence-corrected chi connectivity index (χ2v) is 9.08. The van der Waals surface area contributed by atoms with Crippen molar-refractivity contribution >= 4 is 46.2 Å². The maximum Gasteiger partial charge on any atom is 0.247 e. The number of carbonyl (C=O) groups is 3. The maximum atomic E-state index is 13.2. The number of allylic oxidation sites excluding steroid dienone is 2. The molecule has 1 saturated heterocycles. The number of carbonyl (C=O) groups excluding carboxylic acids is 3. The van der Waals surface area contributed by atoms with Crippen LogP contribution in [0.3, 0.4) is 0 Å². The van der Waals surface area contributed by atoms with Gasteiger partial charge in [-0.15, -0.1) is 0 Å². The lowest BCUT2D eigenvalue weighted by atomic mass is 9.85. The molecule has 2 aromatic rings. The minimum Gasteiger partial charge on any atom is -0.324 e. The van der Waals surface area contributed by atoms with Gasteiger partial charge in [-0.25, -0.2) is 0 Å². The standard InChI is InChI=1S/C22H22N4O3S/c1-30-9-6-17(20(27)25-14-4-5-15-16(11-14)24-8-7-23-15)26-21(28)18-12-2-3-13(10-12)19(18)22(26)29/h2-5,7-8,11-13,17-19H,6,9-10H2,1H3,(H,25,27). The summed E-state index contributed by atoms with van der Waals surface area (Å²) in [6, 6.07) is 4.49. The molecule has 5 atom stereocenters. The first-order chi connectivity index (χ1) is 14.6. The molecule has 1 N–H and O–H groups in total. The van der Waals surface area contributed by atoms with E-state index >= 15 is 0 Å². The van der Waals surface area contributed by atoms with E-state index in [1.165, 1.54) is 4.90 Å². The number of hydrogen-bond donors (Lipinski definition) is 1. The number of amides is 3. The second kappa shape index (κ2) is 7.50. The number of aromatic nitrogens is 2. The normalized spacial score (nSPS) is 27.7. The van der Waals surface area contributed by atoms with E-state index in [2.05, 4.69) is 27.4 Å². The lowest BCUT2D eigenvalue weighted by Gasteiger charge is -2.27. The first kappa shape index (κ1) is 19.2. The van der Waals surface area contributed by atoms with E-state index < -0.39 is 6.04 Å². The summed E-state index contributed by atoms with van der Waals surface area (Å²) in [5.74, 6) is -0.372. The number of fused-ring (bicyclic) bond motifs is 6. The molecule has 1 aromatic heterocycles. The van der Waals surface area contributed by atoms with Crippen LogP contribution in [0, 0.1) is 23.7 Å². The van der Waals surface area contributed by atoms with Gasteiger partial charge in [-0.2, -0.15) is 11.8 Å². The number of hydrogen-bond acceptors (Lipinski definition) is 6. The zero-order chi connectivity index (χ0) is 20.8. The monoisotopic (exact) mass is 422 g/mol. The van der Waals surface area contributed by atoms with Crippen molar-refractivity contribution in [1.29, 1.82) is 0 Å². The molecular weight excluding hydrogens is 400 g/mol. The summed E-state index contributed by atoms with van der Waals surface area (Å²) in [6.45, 7) is 0. The number of nitrogens with one attached hydrogen (secondary N) is 1. The molecule has 2 bridgehead atoms. The highest BCUT2D eigenvalue weighted by Gasteiger charge is 2.61. The molecule has 8 heteroatoms. The fourth-order valence-electron chi connectivity index (χ4n) is 5.11. The molecule has 2 fully saturated rings. The molecule has 3 aliphatic rings. The van der Waals surface area contributed by atoms with Gasteiger partial charge >= 0.3 is 0 Å². The third-order valence-electron chi connectivity index (χ3n) is 6.45. The molecule has 0 spiro atoms. The van der Waals surface area contributed by atoms with Crippen molar-refractivity contribution < 1.29 is 14.4 Å². The average Bonchev–Trinajstić information content (AvgIpc) is 3.43. The molecule has 5 rings (SSSR count). The molecule has 0 radical (unpaired) electrons. The molecule has 2 aliphatic carbocycles. The summed E-state index contributed by atoms with van der Waals surface area (Å²) in [5, 5.41) is 2.89. The lowest BCUT2D eigenvalue weighted by molar-refractivity contribution is -0.147. The van der Waals surface area contributed by atoms with Gasteiger partial charge in [0.15, 0.2) is 0 Å². The van der Waals surface area contributed by atoms with Crippen LogP contribution in [0.5, 0.6) is 0 Å². The lowest BCUT2D eigenvalue weighted by Crippen LogP contribution is -2.48. The predicted molar refractivity (Wildman–Crippen MR) is 115 cm³/mol. The number of likely N-dealkylation sites (tertiary alicyclic amines) is 1. The van der Waals surface area contributed by atoms with Gasteiger partial charge < -0.3 is 5.32 Å².